The van der Waals surface area contributed by atoms with Crippen LogP contribution in [0.3, 0.4) is 0 Å². The van der Waals surface area contributed by atoms with Crippen LogP contribution >= 0.6 is 11.3 Å². The lowest BCUT2D eigenvalue weighted by Crippen LogP contribution is -2.39. The first kappa shape index (κ1) is 24.8. The van der Waals surface area contributed by atoms with Gasteiger partial charge in [0.2, 0.25) is 5.91 Å². The summed E-state index contributed by atoms with van der Waals surface area (Å²) in [6.45, 7) is 2.70. The molecule has 176 valence electrons. The van der Waals surface area contributed by atoms with Crippen molar-refractivity contribution in [3.8, 4) is 0 Å². The molecule has 0 aliphatic carbocycles. The number of nitrogens with one attached hydrogen (secondary N) is 1. The third kappa shape index (κ3) is 5.75. The van der Waals surface area contributed by atoms with Crippen LogP contribution in [-0.4, -0.2) is 23.2 Å². The van der Waals surface area contributed by atoms with Crippen LogP contribution in [0.5, 0.6) is 0 Å². The van der Waals surface area contributed by atoms with Crippen LogP contribution < -0.4 is 5.32 Å². The summed E-state index contributed by atoms with van der Waals surface area (Å²) in [6, 6.07) is 7.39. The number of halogens is 6. The van der Waals surface area contributed by atoms with Gasteiger partial charge in [0.05, 0.1) is 23.3 Å². The second kappa shape index (κ2) is 9.18. The molecule has 2 N–H and O–H groups in total. The van der Waals surface area contributed by atoms with Gasteiger partial charge in [0.1, 0.15) is 0 Å². The third-order valence-electron chi connectivity index (χ3n) is 4.95. The number of thiophene rings is 1. The van der Waals surface area contributed by atoms with Crippen molar-refractivity contribution in [2.45, 2.75) is 38.3 Å². The van der Waals surface area contributed by atoms with Gasteiger partial charge in [0.25, 0.3) is 0 Å². The van der Waals surface area contributed by atoms with Crippen LogP contribution in [0.15, 0.2) is 53.9 Å². The molecule has 3 nitrogen and oxygen atoms in total. The normalized spacial score (nSPS) is 14.9. The zero-order valence-electron chi connectivity index (χ0n) is 17.4. The summed E-state index contributed by atoms with van der Waals surface area (Å²) < 4.78 is 81.5. The van der Waals surface area contributed by atoms with Gasteiger partial charge < -0.3 is 10.4 Å². The van der Waals surface area contributed by atoms with Gasteiger partial charge in [0.15, 0.2) is 0 Å². The predicted octanol–water partition coefficient (Wildman–Crippen LogP) is 6.26. The minimum atomic E-state index is -5.01. The number of carbonyl (C=O) groups is 1. The van der Waals surface area contributed by atoms with E-state index in [-0.39, 0.29) is 17.2 Å². The van der Waals surface area contributed by atoms with Crippen LogP contribution in [-0.2, 0) is 17.1 Å². The fraction of sp³-hybridized carbons (Fsp3) is 0.261. The average Bonchev–Trinajstić information content (AvgIpc) is 3.13. The van der Waals surface area contributed by atoms with Gasteiger partial charge in [-0.1, -0.05) is 18.2 Å². The van der Waals surface area contributed by atoms with E-state index >= 15 is 0 Å². The molecule has 0 bridgehead atoms. The zero-order chi connectivity index (χ0) is 24.6. The number of amides is 1. The van der Waals surface area contributed by atoms with E-state index in [2.05, 4.69) is 5.32 Å². The molecule has 1 aromatic heterocycles. The van der Waals surface area contributed by atoms with Crippen LogP contribution in [0.4, 0.5) is 26.3 Å². The number of benzene rings is 2. The molecule has 2 unspecified atom stereocenters. The molecule has 2 atom stereocenters. The number of hydrogen-bond acceptors (Lipinski definition) is 3. The fourth-order valence-electron chi connectivity index (χ4n) is 3.36. The Morgan fingerprint density at radius 3 is 2.15 bits per heavy atom. The molecule has 0 fully saturated rings. The molecule has 2 aromatic carbocycles. The maximum absolute atomic E-state index is 13.4. The van der Waals surface area contributed by atoms with Gasteiger partial charge in [0, 0.05) is 22.6 Å². The van der Waals surface area contributed by atoms with Crippen molar-refractivity contribution in [1.29, 1.82) is 0 Å². The molecular weight excluding hydrogens is 468 g/mol. The second-order valence-corrected chi connectivity index (χ2v) is 8.41. The first-order valence-electron chi connectivity index (χ1n) is 9.71. The van der Waals surface area contributed by atoms with E-state index in [4.69, 9.17) is 0 Å². The molecule has 0 aliphatic heterocycles. The van der Waals surface area contributed by atoms with Gasteiger partial charge >= 0.3 is 12.4 Å². The molecule has 33 heavy (non-hydrogen) atoms. The van der Waals surface area contributed by atoms with Crippen molar-refractivity contribution in [2.75, 3.05) is 0 Å². The van der Waals surface area contributed by atoms with E-state index in [9.17, 15) is 36.2 Å². The van der Waals surface area contributed by atoms with Crippen molar-refractivity contribution in [3.05, 3.63) is 76.2 Å². The van der Waals surface area contributed by atoms with Crippen molar-refractivity contribution < 1.29 is 36.2 Å². The van der Waals surface area contributed by atoms with Crippen molar-refractivity contribution in [2.24, 2.45) is 0 Å². The molecule has 0 saturated heterocycles. The molecule has 0 radical (unpaired) electrons. The Hall–Kier alpha value is -2.85. The Kier molecular flexibility index (Phi) is 6.90. The summed E-state index contributed by atoms with van der Waals surface area (Å²) in [7, 11) is 0. The lowest BCUT2D eigenvalue weighted by molar-refractivity contribution is -0.143. The Balaban J connectivity index is 2.28. The summed E-state index contributed by atoms with van der Waals surface area (Å²) in [6.07, 6.45) is -10.2. The number of fused-ring (bicyclic) bond motifs is 1. The molecular formula is C23H19F6NO2S. The summed E-state index contributed by atoms with van der Waals surface area (Å²) in [5, 5.41) is 15.3. The molecule has 3 aromatic rings. The first-order valence-corrected chi connectivity index (χ1v) is 10.6. The summed E-state index contributed by atoms with van der Waals surface area (Å²) in [4.78, 5) is 11.3. The fourth-order valence-corrected chi connectivity index (χ4v) is 4.32. The summed E-state index contributed by atoms with van der Waals surface area (Å²) >= 11 is 1.27. The Labute approximate surface area is 189 Å². The lowest BCUT2D eigenvalue weighted by atomic mass is 9.92. The number of hydrogen-bond donors (Lipinski definition) is 2. The SMILES string of the molecule is CC(=O)NC(C)C(O)C=C(c1cc(C(F)(F)F)cc(C(F)(F)F)c1)c1csc2ccccc12. The Morgan fingerprint density at radius 1 is 1.03 bits per heavy atom. The van der Waals surface area contributed by atoms with Crippen LogP contribution in [0.25, 0.3) is 15.7 Å². The first-order chi connectivity index (χ1) is 15.3. The highest BCUT2D eigenvalue weighted by Crippen LogP contribution is 2.41. The predicted molar refractivity (Wildman–Crippen MR) is 115 cm³/mol. The van der Waals surface area contributed by atoms with Crippen molar-refractivity contribution >= 4 is 32.9 Å². The van der Waals surface area contributed by atoms with E-state index < -0.39 is 41.5 Å². The van der Waals surface area contributed by atoms with Crippen LogP contribution in [0.1, 0.15) is 36.1 Å². The highest BCUT2D eigenvalue weighted by molar-refractivity contribution is 7.17. The van der Waals surface area contributed by atoms with Gasteiger partial charge in [-0.2, -0.15) is 26.3 Å². The molecule has 0 aliphatic rings. The number of rotatable bonds is 5. The second-order valence-electron chi connectivity index (χ2n) is 7.50. The highest BCUT2D eigenvalue weighted by Gasteiger charge is 2.37. The van der Waals surface area contributed by atoms with Crippen molar-refractivity contribution in [1.82, 2.24) is 5.32 Å². The maximum atomic E-state index is 13.4. The van der Waals surface area contributed by atoms with Crippen LogP contribution in [0.2, 0.25) is 0 Å². The molecule has 10 heteroatoms. The standard InChI is InChI=1S/C23H19F6NO2S/c1-12(30-13(2)31)20(32)10-18(19-11-33-21-6-4-3-5-17(19)21)14-7-15(22(24,25)26)9-16(8-14)23(27,28)29/h3-12,20,32H,1-2H3,(H,30,31). The largest absolute Gasteiger partial charge is 0.416 e. The third-order valence-corrected chi connectivity index (χ3v) is 5.91. The molecule has 1 heterocycles. The van der Waals surface area contributed by atoms with E-state index in [1.807, 2.05) is 0 Å². The Morgan fingerprint density at radius 2 is 1.61 bits per heavy atom. The molecule has 1 amide bonds. The topological polar surface area (TPSA) is 49.3 Å². The monoisotopic (exact) mass is 487 g/mol. The van der Waals surface area contributed by atoms with Gasteiger partial charge in [-0.05, 0) is 53.8 Å². The zero-order valence-corrected chi connectivity index (χ0v) is 18.2. The highest BCUT2D eigenvalue weighted by atomic mass is 32.1. The number of aliphatic hydroxyl groups is 1. The summed E-state index contributed by atoms with van der Waals surface area (Å²) in [5.74, 6) is -0.448. The maximum Gasteiger partial charge on any atom is 0.416 e. The number of carbonyl (C=O) groups excluding carboxylic acids is 1. The van der Waals surface area contributed by atoms with E-state index in [1.54, 1.807) is 29.6 Å². The summed E-state index contributed by atoms with van der Waals surface area (Å²) in [5.41, 5.74) is -2.90. The number of alkyl halides is 6. The van der Waals surface area contributed by atoms with E-state index in [0.29, 0.717) is 23.1 Å². The molecule has 0 saturated carbocycles. The minimum Gasteiger partial charge on any atom is -0.387 e. The van der Waals surface area contributed by atoms with Gasteiger partial charge in [-0.25, -0.2) is 0 Å². The van der Waals surface area contributed by atoms with E-state index in [0.717, 1.165) is 4.70 Å². The minimum absolute atomic E-state index is 0.00579. The number of aliphatic hydroxyl groups excluding tert-OH is 1. The molecule has 0 spiro atoms. The van der Waals surface area contributed by atoms with Gasteiger partial charge in [-0.15, -0.1) is 11.3 Å². The average molecular weight is 487 g/mol. The Bertz CT molecular complexity index is 1160. The van der Waals surface area contributed by atoms with Crippen molar-refractivity contribution in [3.63, 3.8) is 0 Å². The lowest BCUT2D eigenvalue weighted by Gasteiger charge is -2.20. The van der Waals surface area contributed by atoms with Crippen LogP contribution in [0, 0.1) is 0 Å². The quantitative estimate of drug-likeness (QED) is 0.418. The van der Waals surface area contributed by atoms with Gasteiger partial charge in [-0.3, -0.25) is 4.79 Å². The molecule has 3 rings (SSSR count). The smallest absolute Gasteiger partial charge is 0.387 e. The van der Waals surface area contributed by atoms with E-state index in [1.165, 1.54) is 31.3 Å².